The van der Waals surface area contributed by atoms with Crippen LogP contribution in [-0.2, 0) is 10.2 Å². The largest absolute Gasteiger partial charge is 0.409 e. The Bertz CT molecular complexity index is 457. The van der Waals surface area contributed by atoms with Crippen molar-refractivity contribution in [1.82, 2.24) is 8.61 Å². The van der Waals surface area contributed by atoms with E-state index in [0.29, 0.717) is 32.0 Å². The molecule has 2 heterocycles. The van der Waals surface area contributed by atoms with Gasteiger partial charge in [-0.05, 0) is 31.6 Å². The van der Waals surface area contributed by atoms with E-state index in [2.05, 4.69) is 12.1 Å². The first-order valence-electron chi connectivity index (χ1n) is 7.21. The Kier molecular flexibility index (Phi) is 4.87. The van der Waals surface area contributed by atoms with Gasteiger partial charge in [-0.25, -0.2) is 0 Å². The summed E-state index contributed by atoms with van der Waals surface area (Å²) in [6.07, 6.45) is 4.10. The summed E-state index contributed by atoms with van der Waals surface area (Å²) in [7, 11) is -3.52. The second-order valence-corrected chi connectivity index (χ2v) is 7.62. The Balaban J connectivity index is 2.18. The lowest BCUT2D eigenvalue weighted by molar-refractivity contribution is 0.235. The van der Waals surface area contributed by atoms with Crippen molar-refractivity contribution in [1.29, 1.82) is 0 Å². The van der Waals surface area contributed by atoms with Gasteiger partial charge in [0.15, 0.2) is 5.84 Å². The van der Waals surface area contributed by atoms with Gasteiger partial charge in [-0.1, -0.05) is 18.5 Å². The molecule has 3 N–H and O–H groups in total. The second-order valence-electron chi connectivity index (χ2n) is 5.74. The van der Waals surface area contributed by atoms with Crippen LogP contribution in [0.5, 0.6) is 0 Å². The molecular weight excluding hydrogens is 280 g/mol. The molecule has 2 fully saturated rings. The van der Waals surface area contributed by atoms with Crippen LogP contribution in [-0.4, -0.2) is 53.7 Å². The molecule has 2 aliphatic heterocycles. The molecular formula is C12H24N4O3S. The maximum absolute atomic E-state index is 12.7. The van der Waals surface area contributed by atoms with Gasteiger partial charge in [-0.15, -0.1) is 0 Å². The molecule has 8 heteroatoms. The molecule has 20 heavy (non-hydrogen) atoms. The number of oxime groups is 1. The van der Waals surface area contributed by atoms with E-state index in [1.165, 1.54) is 8.61 Å². The first-order chi connectivity index (χ1) is 9.46. The van der Waals surface area contributed by atoms with Gasteiger partial charge in [-0.3, -0.25) is 0 Å². The topological polar surface area (TPSA) is 99.2 Å². The van der Waals surface area contributed by atoms with Crippen LogP contribution in [0.3, 0.4) is 0 Å². The maximum atomic E-state index is 12.7. The Morgan fingerprint density at radius 2 is 1.85 bits per heavy atom. The number of rotatable bonds is 3. The van der Waals surface area contributed by atoms with Crippen molar-refractivity contribution in [3.63, 3.8) is 0 Å². The zero-order valence-electron chi connectivity index (χ0n) is 11.9. The van der Waals surface area contributed by atoms with Crippen molar-refractivity contribution in [3.8, 4) is 0 Å². The van der Waals surface area contributed by atoms with Gasteiger partial charge >= 0.3 is 0 Å². The molecule has 2 saturated heterocycles. The van der Waals surface area contributed by atoms with Crippen LogP contribution in [0.2, 0.25) is 0 Å². The fourth-order valence-corrected chi connectivity index (χ4v) is 4.77. The van der Waals surface area contributed by atoms with Crippen molar-refractivity contribution >= 4 is 16.0 Å². The molecule has 2 rings (SSSR count). The first kappa shape index (κ1) is 15.5. The predicted molar refractivity (Wildman–Crippen MR) is 76.6 cm³/mol. The van der Waals surface area contributed by atoms with E-state index in [4.69, 9.17) is 10.9 Å². The number of amidine groups is 1. The highest BCUT2D eigenvalue weighted by Gasteiger charge is 2.39. The Hall–Kier alpha value is -0.860. The first-order valence-corrected chi connectivity index (χ1v) is 8.61. The van der Waals surface area contributed by atoms with Crippen molar-refractivity contribution in [2.45, 2.75) is 45.1 Å². The molecule has 0 bridgehead atoms. The van der Waals surface area contributed by atoms with Crippen molar-refractivity contribution in [2.75, 3.05) is 19.6 Å². The summed E-state index contributed by atoms with van der Waals surface area (Å²) >= 11 is 0. The highest BCUT2D eigenvalue weighted by Crippen LogP contribution is 2.26. The van der Waals surface area contributed by atoms with Gasteiger partial charge in [0.2, 0.25) is 0 Å². The van der Waals surface area contributed by atoms with Gasteiger partial charge in [-0.2, -0.15) is 17.0 Å². The van der Waals surface area contributed by atoms with Crippen LogP contribution < -0.4 is 5.73 Å². The minimum atomic E-state index is -3.52. The highest BCUT2D eigenvalue weighted by atomic mass is 32.2. The summed E-state index contributed by atoms with van der Waals surface area (Å²) in [6, 6.07) is -0.516. The third-order valence-corrected chi connectivity index (χ3v) is 6.32. The molecule has 116 valence electrons. The minimum absolute atomic E-state index is 0.0151. The molecule has 1 unspecified atom stereocenters. The van der Waals surface area contributed by atoms with Crippen LogP contribution in [0.15, 0.2) is 5.16 Å². The predicted octanol–water partition coefficient (Wildman–Crippen LogP) is 0.564. The highest BCUT2D eigenvalue weighted by molar-refractivity contribution is 7.86. The summed E-state index contributed by atoms with van der Waals surface area (Å²) in [5.41, 5.74) is 5.66. The van der Waals surface area contributed by atoms with Crippen LogP contribution in [0.25, 0.3) is 0 Å². The lowest BCUT2D eigenvalue weighted by atomic mass is 10.0. The number of nitrogens with zero attached hydrogens (tertiary/aromatic N) is 3. The molecule has 0 aromatic heterocycles. The van der Waals surface area contributed by atoms with E-state index in [1.807, 2.05) is 0 Å². The van der Waals surface area contributed by atoms with E-state index < -0.39 is 16.3 Å². The Labute approximate surface area is 120 Å². The number of hydrogen-bond acceptors (Lipinski definition) is 4. The average Bonchev–Trinajstić information content (AvgIpc) is 2.47. The summed E-state index contributed by atoms with van der Waals surface area (Å²) < 4.78 is 28.4. The summed E-state index contributed by atoms with van der Waals surface area (Å²) in [4.78, 5) is 0. The lowest BCUT2D eigenvalue weighted by Crippen LogP contribution is -2.56. The van der Waals surface area contributed by atoms with E-state index >= 15 is 0 Å². The maximum Gasteiger partial charge on any atom is 0.282 e. The minimum Gasteiger partial charge on any atom is -0.409 e. The molecule has 2 aliphatic rings. The fourth-order valence-electron chi connectivity index (χ4n) is 2.91. The van der Waals surface area contributed by atoms with E-state index in [1.54, 1.807) is 0 Å². The molecule has 0 aromatic rings. The van der Waals surface area contributed by atoms with Crippen LogP contribution >= 0.6 is 0 Å². The zero-order valence-corrected chi connectivity index (χ0v) is 12.7. The summed E-state index contributed by atoms with van der Waals surface area (Å²) in [5, 5.41) is 11.8. The number of hydrogen-bond donors (Lipinski definition) is 2. The quantitative estimate of drug-likeness (QED) is 0.344. The third kappa shape index (κ3) is 3.07. The summed E-state index contributed by atoms with van der Waals surface area (Å²) in [6.45, 7) is 3.70. The van der Waals surface area contributed by atoms with Crippen molar-refractivity contribution in [3.05, 3.63) is 0 Å². The molecule has 0 aliphatic carbocycles. The molecule has 1 atom stereocenters. The van der Waals surface area contributed by atoms with Crippen LogP contribution in [0.4, 0.5) is 0 Å². The van der Waals surface area contributed by atoms with Crippen molar-refractivity contribution < 1.29 is 13.6 Å². The monoisotopic (exact) mass is 304 g/mol. The van der Waals surface area contributed by atoms with Gasteiger partial charge in [0.05, 0.1) is 6.04 Å². The van der Waals surface area contributed by atoms with Crippen LogP contribution in [0.1, 0.15) is 39.0 Å². The van der Waals surface area contributed by atoms with Gasteiger partial charge in [0.1, 0.15) is 0 Å². The molecule has 0 spiro atoms. The zero-order chi connectivity index (χ0) is 14.8. The average molecular weight is 304 g/mol. The molecule has 0 radical (unpaired) electrons. The number of nitrogens with two attached hydrogens (primary N) is 1. The fraction of sp³-hybridized carbons (Fsp3) is 0.917. The standard InChI is InChI=1S/C12H24N4O3S/c1-10-5-8-15(9-6-10)20(18,19)16-7-3-2-4-11(16)12(13)14-17/h10-11,17H,2-9H2,1H3,(H2,13,14). The molecule has 0 amide bonds. The Morgan fingerprint density at radius 3 is 2.45 bits per heavy atom. The molecule has 0 aromatic carbocycles. The van der Waals surface area contributed by atoms with Gasteiger partial charge in [0.25, 0.3) is 10.2 Å². The normalized spacial score (nSPS) is 28.6. The van der Waals surface area contributed by atoms with Crippen LogP contribution in [0, 0.1) is 5.92 Å². The third-order valence-electron chi connectivity index (χ3n) is 4.28. The van der Waals surface area contributed by atoms with Crippen molar-refractivity contribution in [2.24, 2.45) is 16.8 Å². The smallest absolute Gasteiger partial charge is 0.282 e. The second kappa shape index (κ2) is 6.28. The van der Waals surface area contributed by atoms with E-state index in [0.717, 1.165) is 25.7 Å². The van der Waals surface area contributed by atoms with Gasteiger partial charge in [0, 0.05) is 19.6 Å². The Morgan fingerprint density at radius 1 is 1.20 bits per heavy atom. The SMILES string of the molecule is CC1CCN(S(=O)(=O)N2CCCCC2C(N)=NO)CC1. The van der Waals surface area contributed by atoms with E-state index in [9.17, 15) is 8.42 Å². The number of piperidine rings is 2. The molecule has 0 saturated carbocycles. The lowest BCUT2D eigenvalue weighted by Gasteiger charge is -2.39. The molecule has 7 nitrogen and oxygen atoms in total. The van der Waals surface area contributed by atoms with E-state index in [-0.39, 0.29) is 5.84 Å². The summed E-state index contributed by atoms with van der Waals surface area (Å²) in [5.74, 6) is 0.557. The van der Waals surface area contributed by atoms with Gasteiger partial charge < -0.3 is 10.9 Å².